The maximum atomic E-state index is 12.7. The molecule has 0 fully saturated rings. The summed E-state index contributed by atoms with van der Waals surface area (Å²) < 4.78 is 1.40. The van der Waals surface area contributed by atoms with Crippen molar-refractivity contribution in [2.75, 3.05) is 0 Å². The molecule has 0 amide bonds. The number of rotatable bonds is 2. The minimum Gasteiger partial charge on any atom is -0.268 e. The lowest BCUT2D eigenvalue weighted by Crippen LogP contribution is -2.11. The van der Waals surface area contributed by atoms with E-state index >= 15 is 0 Å². The standard InChI is InChI=1S/C16H12ClN3O3/c1-9-5-14-15(6-10(9)2)19(8-18-14)16(21)12-4-3-11(20(22)23)7-13(12)17/h3-8H,1-2H3. The van der Waals surface area contributed by atoms with Crippen LogP contribution in [0.2, 0.25) is 5.02 Å². The van der Waals surface area contributed by atoms with Crippen molar-refractivity contribution < 1.29 is 9.72 Å². The van der Waals surface area contributed by atoms with E-state index in [1.54, 1.807) is 0 Å². The summed E-state index contributed by atoms with van der Waals surface area (Å²) in [5.74, 6) is -0.379. The van der Waals surface area contributed by atoms with E-state index in [4.69, 9.17) is 11.6 Å². The summed E-state index contributed by atoms with van der Waals surface area (Å²) in [7, 11) is 0. The van der Waals surface area contributed by atoms with Gasteiger partial charge in [0.25, 0.3) is 11.6 Å². The Hall–Kier alpha value is -2.73. The van der Waals surface area contributed by atoms with Gasteiger partial charge in [-0.1, -0.05) is 11.6 Å². The van der Waals surface area contributed by atoms with Crippen LogP contribution in [-0.4, -0.2) is 20.4 Å². The first-order chi connectivity index (χ1) is 10.9. The smallest absolute Gasteiger partial charge is 0.268 e. The molecule has 0 aliphatic carbocycles. The normalized spacial score (nSPS) is 10.9. The maximum absolute atomic E-state index is 12.7. The topological polar surface area (TPSA) is 78.0 Å². The second kappa shape index (κ2) is 5.48. The first kappa shape index (κ1) is 15.2. The fourth-order valence-corrected chi connectivity index (χ4v) is 2.60. The number of halogens is 1. The molecule has 3 aromatic rings. The van der Waals surface area contributed by atoms with Gasteiger partial charge in [0.1, 0.15) is 6.33 Å². The van der Waals surface area contributed by atoms with Gasteiger partial charge < -0.3 is 0 Å². The summed E-state index contributed by atoms with van der Waals surface area (Å²) in [4.78, 5) is 27.1. The molecule has 2 aromatic carbocycles. The van der Waals surface area contributed by atoms with Gasteiger partial charge in [0.05, 0.1) is 26.5 Å². The first-order valence-corrected chi connectivity index (χ1v) is 7.19. The van der Waals surface area contributed by atoms with Crippen molar-refractivity contribution in [1.29, 1.82) is 0 Å². The zero-order valence-corrected chi connectivity index (χ0v) is 13.2. The van der Waals surface area contributed by atoms with Crippen LogP contribution in [0.15, 0.2) is 36.7 Å². The highest BCUT2D eigenvalue weighted by molar-refractivity contribution is 6.34. The number of nitrogens with zero attached hydrogens (tertiary/aromatic N) is 3. The van der Waals surface area contributed by atoms with Crippen LogP contribution < -0.4 is 0 Å². The fraction of sp³-hybridized carbons (Fsp3) is 0.125. The molecule has 0 atom stereocenters. The minimum atomic E-state index is -0.557. The van der Waals surface area contributed by atoms with Gasteiger partial charge in [0.2, 0.25) is 0 Å². The summed E-state index contributed by atoms with van der Waals surface area (Å²) in [5, 5.41) is 10.8. The third-order valence-corrected chi connectivity index (χ3v) is 4.09. The maximum Gasteiger partial charge on any atom is 0.270 e. The third kappa shape index (κ3) is 2.57. The number of carbonyl (C=O) groups excluding carboxylic acids is 1. The average molecular weight is 330 g/mol. The molecule has 0 saturated heterocycles. The molecule has 0 N–H and O–H groups in total. The average Bonchev–Trinajstić information content (AvgIpc) is 2.89. The monoisotopic (exact) mass is 329 g/mol. The number of nitro benzene ring substituents is 1. The lowest BCUT2D eigenvalue weighted by Gasteiger charge is -2.06. The number of hydrogen-bond acceptors (Lipinski definition) is 4. The van der Waals surface area contributed by atoms with Crippen LogP contribution in [0.3, 0.4) is 0 Å². The number of carbonyl (C=O) groups is 1. The van der Waals surface area contributed by atoms with Gasteiger partial charge in [-0.25, -0.2) is 4.98 Å². The van der Waals surface area contributed by atoms with Gasteiger partial charge in [0, 0.05) is 12.1 Å². The van der Waals surface area contributed by atoms with Gasteiger partial charge in [0.15, 0.2) is 0 Å². The minimum absolute atomic E-state index is 0.0369. The molecule has 0 unspecified atom stereocenters. The molecule has 1 heterocycles. The molecule has 0 aliphatic heterocycles. The Labute approximate surface area is 136 Å². The molecule has 1 aromatic heterocycles. The number of imidazole rings is 1. The Kier molecular flexibility index (Phi) is 3.61. The van der Waals surface area contributed by atoms with Gasteiger partial charge in [-0.2, -0.15) is 0 Å². The van der Waals surface area contributed by atoms with E-state index in [2.05, 4.69) is 4.98 Å². The highest BCUT2D eigenvalue weighted by atomic mass is 35.5. The molecule has 0 bridgehead atoms. The Morgan fingerprint density at radius 2 is 1.91 bits per heavy atom. The zero-order chi connectivity index (χ0) is 16.7. The van der Waals surface area contributed by atoms with Gasteiger partial charge in [-0.3, -0.25) is 19.5 Å². The summed E-state index contributed by atoms with van der Waals surface area (Å²) in [6.07, 6.45) is 1.43. The molecule has 0 radical (unpaired) electrons. The number of hydrogen-bond donors (Lipinski definition) is 0. The van der Waals surface area contributed by atoms with Crippen LogP contribution >= 0.6 is 11.6 Å². The van der Waals surface area contributed by atoms with Gasteiger partial charge >= 0.3 is 0 Å². The Balaban J connectivity index is 2.11. The Morgan fingerprint density at radius 1 is 1.22 bits per heavy atom. The molecule has 0 saturated carbocycles. The van der Waals surface area contributed by atoms with Crippen molar-refractivity contribution in [2.45, 2.75) is 13.8 Å². The van der Waals surface area contributed by atoms with Crippen LogP contribution in [0, 0.1) is 24.0 Å². The molecule has 6 nitrogen and oxygen atoms in total. The van der Waals surface area contributed by atoms with Crippen LogP contribution in [0.1, 0.15) is 21.5 Å². The molecular formula is C16H12ClN3O3. The third-order valence-electron chi connectivity index (χ3n) is 3.78. The SMILES string of the molecule is Cc1cc2ncn(C(=O)c3ccc([N+](=O)[O-])cc3Cl)c2cc1C. The first-order valence-electron chi connectivity index (χ1n) is 6.81. The lowest BCUT2D eigenvalue weighted by molar-refractivity contribution is -0.384. The van der Waals surface area contributed by atoms with Crippen LogP contribution in [0.25, 0.3) is 11.0 Å². The number of nitro groups is 1. The van der Waals surface area contributed by atoms with E-state index in [0.29, 0.717) is 11.0 Å². The van der Waals surface area contributed by atoms with Crippen molar-refractivity contribution in [3.8, 4) is 0 Å². The Bertz CT molecular complexity index is 963. The highest BCUT2D eigenvalue weighted by Gasteiger charge is 2.18. The van der Waals surface area contributed by atoms with Crippen molar-refractivity contribution >= 4 is 34.2 Å². The van der Waals surface area contributed by atoms with Crippen LogP contribution in [0.5, 0.6) is 0 Å². The molecule has 23 heavy (non-hydrogen) atoms. The largest absolute Gasteiger partial charge is 0.270 e. The number of aryl methyl sites for hydroxylation is 2. The van der Waals surface area contributed by atoms with Crippen molar-refractivity contribution in [2.24, 2.45) is 0 Å². The molecular weight excluding hydrogens is 318 g/mol. The van der Waals surface area contributed by atoms with Gasteiger partial charge in [-0.15, -0.1) is 0 Å². The predicted molar refractivity (Wildman–Crippen MR) is 87.0 cm³/mol. The molecule has 0 aliphatic rings. The van der Waals surface area contributed by atoms with E-state index in [-0.39, 0.29) is 22.2 Å². The second-order valence-electron chi connectivity index (χ2n) is 5.27. The molecule has 0 spiro atoms. The van der Waals surface area contributed by atoms with Crippen molar-refractivity contribution in [3.63, 3.8) is 0 Å². The summed E-state index contributed by atoms with van der Waals surface area (Å²) in [5.41, 5.74) is 3.54. The van der Waals surface area contributed by atoms with E-state index in [0.717, 1.165) is 11.1 Å². The van der Waals surface area contributed by atoms with E-state index in [9.17, 15) is 14.9 Å². The summed E-state index contributed by atoms with van der Waals surface area (Å²) >= 11 is 6.03. The highest BCUT2D eigenvalue weighted by Crippen LogP contribution is 2.25. The van der Waals surface area contributed by atoms with Gasteiger partial charge in [-0.05, 0) is 43.2 Å². The van der Waals surface area contributed by atoms with Crippen LogP contribution in [0.4, 0.5) is 5.69 Å². The molecule has 116 valence electrons. The predicted octanol–water partition coefficient (Wildman–Crippen LogP) is 3.90. The number of fused-ring (bicyclic) bond motifs is 1. The van der Waals surface area contributed by atoms with Crippen molar-refractivity contribution in [3.05, 3.63) is 68.5 Å². The quantitative estimate of drug-likeness (QED) is 0.527. The number of non-ortho nitro benzene ring substituents is 1. The molecule has 7 heteroatoms. The molecule has 3 rings (SSSR count). The number of aromatic nitrogens is 2. The zero-order valence-electron chi connectivity index (χ0n) is 12.4. The summed E-state index contributed by atoms with van der Waals surface area (Å²) in [6.45, 7) is 3.93. The lowest BCUT2D eigenvalue weighted by atomic mass is 10.1. The number of benzene rings is 2. The second-order valence-corrected chi connectivity index (χ2v) is 5.67. The van der Waals surface area contributed by atoms with E-state index < -0.39 is 4.92 Å². The van der Waals surface area contributed by atoms with Crippen LogP contribution in [-0.2, 0) is 0 Å². The fourth-order valence-electron chi connectivity index (χ4n) is 2.35. The summed E-state index contributed by atoms with van der Waals surface area (Å²) in [6, 6.07) is 7.58. The van der Waals surface area contributed by atoms with Crippen molar-refractivity contribution in [1.82, 2.24) is 9.55 Å². The van der Waals surface area contributed by atoms with E-state index in [1.165, 1.54) is 29.1 Å². The Morgan fingerprint density at radius 3 is 2.57 bits per heavy atom. The van der Waals surface area contributed by atoms with E-state index in [1.807, 2.05) is 26.0 Å².